The fraction of sp³-hybridized carbons (Fsp3) is 0.500. The molecule has 0 N–H and O–H groups in total. The minimum Gasteiger partial charge on any atom is -0.367 e. The van der Waals surface area contributed by atoms with E-state index in [-0.39, 0.29) is 11.5 Å². The molecule has 0 aliphatic rings. The van der Waals surface area contributed by atoms with Crippen molar-refractivity contribution in [2.75, 3.05) is 6.61 Å². The van der Waals surface area contributed by atoms with Gasteiger partial charge < -0.3 is 4.74 Å². The molecule has 0 atom stereocenters. The van der Waals surface area contributed by atoms with Crippen molar-refractivity contribution in [2.45, 2.75) is 25.9 Å². The largest absolute Gasteiger partial charge is 0.367 e. The SMILES string of the molecule is Cc1cc(C=O)nc(COCC(F)(F)C(F)F)n1. The van der Waals surface area contributed by atoms with E-state index in [4.69, 9.17) is 0 Å². The van der Waals surface area contributed by atoms with Crippen LogP contribution in [0, 0.1) is 6.92 Å². The van der Waals surface area contributed by atoms with Crippen molar-refractivity contribution >= 4 is 6.29 Å². The van der Waals surface area contributed by atoms with E-state index in [1.54, 1.807) is 6.92 Å². The van der Waals surface area contributed by atoms with E-state index in [1.807, 2.05) is 0 Å². The summed E-state index contributed by atoms with van der Waals surface area (Å²) in [6.07, 6.45) is -3.33. The minimum absolute atomic E-state index is 0.0119. The quantitative estimate of drug-likeness (QED) is 0.584. The molecular formula is C10H10F4N2O2. The first-order valence-electron chi connectivity index (χ1n) is 4.88. The lowest BCUT2D eigenvalue weighted by atomic mass is 10.3. The Morgan fingerprint density at radius 2 is 2.11 bits per heavy atom. The van der Waals surface area contributed by atoms with E-state index in [0.29, 0.717) is 12.0 Å². The zero-order valence-corrected chi connectivity index (χ0v) is 9.37. The van der Waals surface area contributed by atoms with Crippen molar-refractivity contribution in [1.29, 1.82) is 0 Å². The molecule has 1 heterocycles. The number of halogens is 4. The maximum absolute atomic E-state index is 12.5. The summed E-state index contributed by atoms with van der Waals surface area (Å²) in [6.45, 7) is -0.324. The lowest BCUT2D eigenvalue weighted by Crippen LogP contribution is -2.32. The summed E-state index contributed by atoms with van der Waals surface area (Å²) in [5.41, 5.74) is 0.521. The molecule has 100 valence electrons. The highest BCUT2D eigenvalue weighted by Gasteiger charge is 2.40. The number of aryl methyl sites for hydroxylation is 1. The molecule has 0 aliphatic carbocycles. The number of hydrogen-bond donors (Lipinski definition) is 0. The Morgan fingerprint density at radius 3 is 2.67 bits per heavy atom. The Balaban J connectivity index is 2.59. The topological polar surface area (TPSA) is 52.1 Å². The van der Waals surface area contributed by atoms with Crippen LogP contribution in [0.5, 0.6) is 0 Å². The van der Waals surface area contributed by atoms with Crippen LogP contribution < -0.4 is 0 Å². The molecule has 1 aromatic heterocycles. The molecule has 0 saturated carbocycles. The second-order valence-electron chi connectivity index (χ2n) is 3.52. The average molecular weight is 266 g/mol. The normalized spacial score (nSPS) is 11.9. The molecule has 0 saturated heterocycles. The van der Waals surface area contributed by atoms with Gasteiger partial charge in [-0.15, -0.1) is 0 Å². The van der Waals surface area contributed by atoms with Crippen LogP contribution in [0.1, 0.15) is 22.0 Å². The molecule has 8 heteroatoms. The zero-order valence-electron chi connectivity index (χ0n) is 9.37. The summed E-state index contributed by atoms with van der Waals surface area (Å²) in [4.78, 5) is 18.0. The van der Waals surface area contributed by atoms with Crippen LogP contribution in [-0.4, -0.2) is 35.2 Å². The number of carbonyl (C=O) groups excluding carboxylic acids is 1. The molecule has 0 aromatic carbocycles. The van der Waals surface area contributed by atoms with Crippen molar-refractivity contribution < 1.29 is 27.1 Å². The molecular weight excluding hydrogens is 256 g/mol. The third kappa shape index (κ3) is 4.02. The Labute approximate surface area is 100.0 Å². The number of aldehydes is 1. The second kappa shape index (κ2) is 5.85. The van der Waals surface area contributed by atoms with Crippen LogP contribution >= 0.6 is 0 Å². The molecule has 0 radical (unpaired) electrons. The Morgan fingerprint density at radius 1 is 1.44 bits per heavy atom. The monoisotopic (exact) mass is 266 g/mol. The van der Waals surface area contributed by atoms with Crippen molar-refractivity contribution in [2.24, 2.45) is 0 Å². The third-order valence-corrected chi connectivity index (χ3v) is 1.89. The molecule has 0 bridgehead atoms. The molecule has 0 amide bonds. The zero-order chi connectivity index (χ0) is 13.8. The van der Waals surface area contributed by atoms with Crippen molar-refractivity contribution in [3.05, 3.63) is 23.3 Å². The van der Waals surface area contributed by atoms with Gasteiger partial charge in [-0.25, -0.2) is 18.7 Å². The van der Waals surface area contributed by atoms with Gasteiger partial charge in [-0.2, -0.15) is 8.78 Å². The standard InChI is InChI=1S/C10H10F4N2O2/c1-6-2-7(3-17)16-8(15-6)4-18-5-10(13,14)9(11)12/h2-3,9H,4-5H2,1H3. The molecule has 0 fully saturated rings. The van der Waals surface area contributed by atoms with Crippen LogP contribution in [-0.2, 0) is 11.3 Å². The third-order valence-electron chi connectivity index (χ3n) is 1.89. The summed E-state index contributed by atoms with van der Waals surface area (Å²) < 4.78 is 53.1. The van der Waals surface area contributed by atoms with Gasteiger partial charge in [0, 0.05) is 5.69 Å². The lowest BCUT2D eigenvalue weighted by molar-refractivity contribution is -0.168. The predicted molar refractivity (Wildman–Crippen MR) is 52.8 cm³/mol. The number of alkyl halides is 4. The molecule has 0 aliphatic heterocycles. The van der Waals surface area contributed by atoms with Gasteiger partial charge in [0.2, 0.25) is 0 Å². The van der Waals surface area contributed by atoms with E-state index < -0.39 is 25.6 Å². The van der Waals surface area contributed by atoms with Gasteiger partial charge >= 0.3 is 12.3 Å². The average Bonchev–Trinajstić information content (AvgIpc) is 2.27. The Bertz CT molecular complexity index is 426. The van der Waals surface area contributed by atoms with Gasteiger partial charge in [0.1, 0.15) is 18.9 Å². The summed E-state index contributed by atoms with van der Waals surface area (Å²) in [5.74, 6) is -4.22. The first kappa shape index (κ1) is 14.5. The van der Waals surface area contributed by atoms with E-state index in [9.17, 15) is 22.4 Å². The number of nitrogens with zero attached hydrogens (tertiary/aromatic N) is 2. The van der Waals surface area contributed by atoms with Gasteiger partial charge in [0.25, 0.3) is 0 Å². The molecule has 4 nitrogen and oxygen atoms in total. The maximum atomic E-state index is 12.5. The molecule has 18 heavy (non-hydrogen) atoms. The van der Waals surface area contributed by atoms with Crippen LogP contribution in [0.2, 0.25) is 0 Å². The van der Waals surface area contributed by atoms with Crippen LogP contribution in [0.4, 0.5) is 17.6 Å². The van der Waals surface area contributed by atoms with Gasteiger partial charge in [-0.1, -0.05) is 0 Å². The first-order valence-corrected chi connectivity index (χ1v) is 4.88. The van der Waals surface area contributed by atoms with E-state index in [1.165, 1.54) is 6.07 Å². The highest BCUT2D eigenvalue weighted by molar-refractivity contribution is 5.71. The fourth-order valence-electron chi connectivity index (χ4n) is 1.12. The van der Waals surface area contributed by atoms with Gasteiger partial charge in [-0.05, 0) is 13.0 Å². The second-order valence-corrected chi connectivity index (χ2v) is 3.52. The van der Waals surface area contributed by atoms with E-state index in [2.05, 4.69) is 14.7 Å². The molecule has 1 rings (SSSR count). The fourth-order valence-corrected chi connectivity index (χ4v) is 1.12. The van der Waals surface area contributed by atoms with Crippen molar-refractivity contribution in [3.63, 3.8) is 0 Å². The minimum atomic E-state index is -4.21. The Hall–Kier alpha value is -1.57. The van der Waals surface area contributed by atoms with Crippen LogP contribution in [0.15, 0.2) is 6.07 Å². The predicted octanol–water partition coefficient (Wildman–Crippen LogP) is 2.01. The summed E-state index contributed by atoms with van der Waals surface area (Å²) >= 11 is 0. The Kier molecular flexibility index (Phi) is 4.71. The van der Waals surface area contributed by atoms with Crippen LogP contribution in [0.3, 0.4) is 0 Å². The van der Waals surface area contributed by atoms with E-state index in [0.717, 1.165) is 0 Å². The van der Waals surface area contributed by atoms with E-state index >= 15 is 0 Å². The van der Waals surface area contributed by atoms with Crippen molar-refractivity contribution in [3.8, 4) is 0 Å². The number of rotatable bonds is 6. The maximum Gasteiger partial charge on any atom is 0.330 e. The summed E-state index contributed by atoms with van der Waals surface area (Å²) in [5, 5.41) is 0. The summed E-state index contributed by atoms with van der Waals surface area (Å²) in [6, 6.07) is 1.39. The van der Waals surface area contributed by atoms with Crippen LogP contribution in [0.25, 0.3) is 0 Å². The van der Waals surface area contributed by atoms with Crippen molar-refractivity contribution in [1.82, 2.24) is 9.97 Å². The number of hydrogen-bond acceptors (Lipinski definition) is 4. The number of aromatic nitrogens is 2. The molecule has 0 spiro atoms. The number of carbonyl (C=O) groups is 1. The van der Waals surface area contributed by atoms with Gasteiger partial charge in [0.05, 0.1) is 0 Å². The molecule has 0 unspecified atom stereocenters. The smallest absolute Gasteiger partial charge is 0.330 e. The summed E-state index contributed by atoms with van der Waals surface area (Å²) in [7, 11) is 0. The first-order chi connectivity index (χ1) is 8.35. The highest BCUT2D eigenvalue weighted by atomic mass is 19.3. The van der Waals surface area contributed by atoms with Gasteiger partial charge in [0.15, 0.2) is 12.1 Å². The van der Waals surface area contributed by atoms with Gasteiger partial charge in [-0.3, -0.25) is 4.79 Å². The highest BCUT2D eigenvalue weighted by Crippen LogP contribution is 2.23. The number of ether oxygens (including phenoxy) is 1. The molecule has 1 aromatic rings. The lowest BCUT2D eigenvalue weighted by Gasteiger charge is -2.14.